The Bertz CT molecular complexity index is 771. The second-order valence-corrected chi connectivity index (χ2v) is 5.00. The van der Waals surface area contributed by atoms with E-state index in [4.69, 9.17) is 15.6 Å². The number of hydrogen-bond donors (Lipinski definition) is 3. The number of amidine groups is 1. The first-order chi connectivity index (χ1) is 10.5. The molecule has 112 valence electrons. The highest BCUT2D eigenvalue weighted by atomic mass is 16.5. The highest BCUT2D eigenvalue weighted by Crippen LogP contribution is 2.34. The molecule has 0 spiro atoms. The Balaban J connectivity index is 1.90. The Kier molecular flexibility index (Phi) is 3.42. The average molecular weight is 297 g/mol. The molecule has 2 aromatic carbocycles. The van der Waals surface area contributed by atoms with Gasteiger partial charge in [-0.1, -0.05) is 6.07 Å². The van der Waals surface area contributed by atoms with Crippen molar-refractivity contribution in [3.05, 3.63) is 48.0 Å². The topological polar surface area (TPSA) is 96.9 Å². The Morgan fingerprint density at radius 1 is 1.32 bits per heavy atom. The Hall–Kier alpha value is -3.02. The summed E-state index contributed by atoms with van der Waals surface area (Å²) < 4.78 is 5.79. The summed E-state index contributed by atoms with van der Waals surface area (Å²) in [5.41, 5.74) is 7.89. The number of carboxylic acid groups (broad SMARTS) is 1. The largest absolute Gasteiger partial charge is 0.480 e. The van der Waals surface area contributed by atoms with E-state index in [0.717, 1.165) is 0 Å². The fourth-order valence-corrected chi connectivity index (χ4v) is 2.19. The van der Waals surface area contributed by atoms with Crippen molar-refractivity contribution in [2.45, 2.75) is 13.0 Å². The third-order valence-electron chi connectivity index (χ3n) is 3.30. The van der Waals surface area contributed by atoms with Gasteiger partial charge in [0, 0.05) is 17.4 Å². The van der Waals surface area contributed by atoms with Gasteiger partial charge in [-0.15, -0.1) is 0 Å². The summed E-state index contributed by atoms with van der Waals surface area (Å²) in [6.45, 7) is 1.86. The number of ether oxygens (including phenoxy) is 1. The van der Waals surface area contributed by atoms with Gasteiger partial charge < -0.3 is 20.9 Å². The smallest absolute Gasteiger partial charge is 0.335 e. The second-order valence-electron chi connectivity index (χ2n) is 5.00. The number of anilines is 2. The maximum absolute atomic E-state index is 11.0. The minimum atomic E-state index is -0.973. The summed E-state index contributed by atoms with van der Waals surface area (Å²) >= 11 is 0. The molecule has 0 saturated carbocycles. The quantitative estimate of drug-likeness (QED) is 0.740. The zero-order chi connectivity index (χ0) is 15.7. The molecule has 0 radical (unpaired) electrons. The minimum absolute atomic E-state index is 0.211. The predicted molar refractivity (Wildman–Crippen MR) is 85.1 cm³/mol. The van der Waals surface area contributed by atoms with Crippen LogP contribution in [0.15, 0.2) is 47.5 Å². The third-order valence-corrected chi connectivity index (χ3v) is 3.30. The summed E-state index contributed by atoms with van der Waals surface area (Å²) in [6.07, 6.45) is -0.289. The molecule has 3 rings (SSSR count). The van der Waals surface area contributed by atoms with E-state index < -0.39 is 5.97 Å². The normalized spacial score (nSPS) is 16.2. The van der Waals surface area contributed by atoms with E-state index in [2.05, 4.69) is 10.3 Å². The van der Waals surface area contributed by atoms with Crippen LogP contribution in [0.4, 0.5) is 17.1 Å². The maximum atomic E-state index is 11.0. The number of carboxylic acids is 1. The fraction of sp³-hybridized carbons (Fsp3) is 0.125. The molecular formula is C16H15N3O3. The monoisotopic (exact) mass is 297 g/mol. The van der Waals surface area contributed by atoms with Gasteiger partial charge in [-0.05, 0) is 37.3 Å². The number of hydrogen-bond acceptors (Lipinski definition) is 5. The van der Waals surface area contributed by atoms with E-state index in [0.29, 0.717) is 28.6 Å². The van der Waals surface area contributed by atoms with Gasteiger partial charge in [-0.3, -0.25) is 0 Å². The summed E-state index contributed by atoms with van der Waals surface area (Å²) in [4.78, 5) is 15.5. The summed E-state index contributed by atoms with van der Waals surface area (Å²) in [6, 6.07) is 11.8. The zero-order valence-corrected chi connectivity index (χ0v) is 11.9. The predicted octanol–water partition coefficient (Wildman–Crippen LogP) is 2.89. The molecule has 2 aromatic rings. The van der Waals surface area contributed by atoms with Crippen LogP contribution in [-0.4, -0.2) is 23.0 Å². The van der Waals surface area contributed by atoms with E-state index in [9.17, 15) is 4.79 Å². The Morgan fingerprint density at radius 2 is 2.14 bits per heavy atom. The van der Waals surface area contributed by atoms with E-state index in [-0.39, 0.29) is 11.7 Å². The number of nitrogen functional groups attached to an aromatic ring is 1. The van der Waals surface area contributed by atoms with Gasteiger partial charge in [0.1, 0.15) is 17.3 Å². The molecule has 22 heavy (non-hydrogen) atoms. The molecule has 6 heteroatoms. The lowest BCUT2D eigenvalue weighted by Gasteiger charge is -2.24. The van der Waals surface area contributed by atoms with E-state index >= 15 is 0 Å². The summed E-state index contributed by atoms with van der Waals surface area (Å²) in [5, 5.41) is 12.1. The van der Waals surface area contributed by atoms with Gasteiger partial charge >= 0.3 is 5.97 Å². The van der Waals surface area contributed by atoms with Crippen LogP contribution in [0, 0.1) is 0 Å². The Labute approximate surface area is 127 Å². The molecule has 0 bridgehead atoms. The van der Waals surface area contributed by atoms with Crippen LogP contribution in [0.1, 0.15) is 17.3 Å². The Morgan fingerprint density at radius 3 is 2.91 bits per heavy atom. The van der Waals surface area contributed by atoms with Crippen LogP contribution in [0.3, 0.4) is 0 Å². The van der Waals surface area contributed by atoms with Gasteiger partial charge in [0.15, 0.2) is 6.10 Å². The van der Waals surface area contributed by atoms with Crippen molar-refractivity contribution in [2.75, 3.05) is 11.1 Å². The number of nitrogens with two attached hydrogens (primary N) is 1. The van der Waals surface area contributed by atoms with Crippen molar-refractivity contribution < 1.29 is 14.6 Å². The second kappa shape index (κ2) is 5.40. The van der Waals surface area contributed by atoms with E-state index in [1.54, 1.807) is 36.4 Å². The molecule has 1 aliphatic heterocycles. The average Bonchev–Trinajstić information content (AvgIpc) is 2.48. The number of aromatic carboxylic acids is 1. The first kappa shape index (κ1) is 13.9. The van der Waals surface area contributed by atoms with Gasteiger partial charge in [0.25, 0.3) is 0 Å². The molecule has 0 aliphatic carbocycles. The van der Waals surface area contributed by atoms with Gasteiger partial charge in [0.2, 0.25) is 0 Å². The lowest BCUT2D eigenvalue weighted by molar-refractivity contribution is 0.0697. The minimum Gasteiger partial charge on any atom is -0.480 e. The van der Waals surface area contributed by atoms with Crippen molar-refractivity contribution in [2.24, 2.45) is 4.99 Å². The van der Waals surface area contributed by atoms with E-state index in [1.807, 2.05) is 6.92 Å². The molecule has 1 unspecified atom stereocenters. The molecular weight excluding hydrogens is 282 g/mol. The molecule has 4 N–H and O–H groups in total. The number of benzene rings is 2. The number of fused-ring (bicyclic) bond motifs is 1. The number of carbonyl (C=O) groups is 1. The maximum Gasteiger partial charge on any atom is 0.335 e. The highest BCUT2D eigenvalue weighted by Gasteiger charge is 2.21. The van der Waals surface area contributed by atoms with Crippen molar-refractivity contribution in [1.82, 2.24) is 0 Å². The fourth-order valence-electron chi connectivity index (χ4n) is 2.19. The van der Waals surface area contributed by atoms with E-state index in [1.165, 1.54) is 6.07 Å². The first-order valence-corrected chi connectivity index (χ1v) is 6.78. The van der Waals surface area contributed by atoms with Gasteiger partial charge in [0.05, 0.1) is 5.56 Å². The van der Waals surface area contributed by atoms with Crippen LogP contribution >= 0.6 is 0 Å². The third kappa shape index (κ3) is 2.71. The highest BCUT2D eigenvalue weighted by molar-refractivity contribution is 6.02. The van der Waals surface area contributed by atoms with Crippen molar-refractivity contribution >= 4 is 28.9 Å². The van der Waals surface area contributed by atoms with Crippen molar-refractivity contribution in [3.63, 3.8) is 0 Å². The molecule has 0 saturated heterocycles. The summed E-state index contributed by atoms with van der Waals surface area (Å²) in [7, 11) is 0. The molecule has 1 aliphatic rings. The zero-order valence-electron chi connectivity index (χ0n) is 11.9. The SMILES string of the molecule is CC1Oc2cc(N)ccc2N=C1Nc1cccc(C(=O)O)c1. The van der Waals surface area contributed by atoms with Gasteiger partial charge in [-0.2, -0.15) is 0 Å². The molecule has 0 aromatic heterocycles. The molecule has 1 heterocycles. The number of nitrogens with one attached hydrogen (secondary N) is 1. The molecule has 1 atom stereocenters. The molecule has 0 amide bonds. The van der Waals surface area contributed by atoms with Crippen LogP contribution in [0.2, 0.25) is 0 Å². The van der Waals surface area contributed by atoms with Crippen LogP contribution in [-0.2, 0) is 0 Å². The lowest BCUT2D eigenvalue weighted by atomic mass is 10.2. The standard InChI is InChI=1S/C16H15N3O3/c1-9-15(18-12-4-2-3-10(7-12)16(20)21)19-13-6-5-11(17)8-14(13)22-9/h2-9H,17H2,1H3,(H,18,19)(H,20,21). The van der Waals surface area contributed by atoms with Gasteiger partial charge in [-0.25, -0.2) is 9.79 Å². The molecule has 6 nitrogen and oxygen atoms in total. The van der Waals surface area contributed by atoms with Crippen LogP contribution in [0.5, 0.6) is 5.75 Å². The van der Waals surface area contributed by atoms with Crippen LogP contribution in [0.25, 0.3) is 0 Å². The number of aliphatic imine (C=N–C) groups is 1. The van der Waals surface area contributed by atoms with Crippen molar-refractivity contribution in [3.8, 4) is 5.75 Å². The molecule has 0 fully saturated rings. The number of rotatable bonds is 2. The summed E-state index contributed by atoms with van der Waals surface area (Å²) in [5.74, 6) is 0.275. The lowest BCUT2D eigenvalue weighted by Crippen LogP contribution is -2.32. The van der Waals surface area contributed by atoms with Crippen molar-refractivity contribution in [1.29, 1.82) is 0 Å². The number of nitrogens with zero attached hydrogens (tertiary/aromatic N) is 1. The van der Waals surface area contributed by atoms with Crippen LogP contribution < -0.4 is 15.8 Å². The first-order valence-electron chi connectivity index (χ1n) is 6.78.